The number of thiophene rings is 1. The van der Waals surface area contributed by atoms with E-state index in [0.717, 1.165) is 28.0 Å². The monoisotopic (exact) mass is 537 g/mol. The highest BCUT2D eigenvalue weighted by atomic mass is 35.5. The fourth-order valence-corrected chi connectivity index (χ4v) is 6.58. The van der Waals surface area contributed by atoms with E-state index in [2.05, 4.69) is 22.7 Å². The first-order valence-electron chi connectivity index (χ1n) is 11.5. The molecule has 190 valence electrons. The highest BCUT2D eigenvalue weighted by Gasteiger charge is 2.48. The molecule has 0 saturated carbocycles. The molecule has 2 aromatic heterocycles. The predicted molar refractivity (Wildman–Crippen MR) is 132 cm³/mol. The minimum absolute atomic E-state index is 0.0846. The van der Waals surface area contributed by atoms with Gasteiger partial charge in [-0.15, -0.1) is 11.3 Å². The van der Waals surface area contributed by atoms with Gasteiger partial charge in [-0.25, -0.2) is 4.68 Å². The molecule has 2 amide bonds. The molecule has 2 aliphatic rings. The highest BCUT2D eigenvalue weighted by molar-refractivity contribution is 7.17. The largest absolute Gasteiger partial charge is 0.410 e. The second-order valence-corrected chi connectivity index (χ2v) is 10.7. The van der Waals surface area contributed by atoms with Gasteiger partial charge in [-0.2, -0.15) is 18.3 Å². The fourth-order valence-electron chi connectivity index (χ4n) is 4.90. The van der Waals surface area contributed by atoms with Gasteiger partial charge in [0.15, 0.2) is 11.7 Å². The van der Waals surface area contributed by atoms with Crippen LogP contribution in [0, 0.1) is 5.92 Å². The van der Waals surface area contributed by atoms with Gasteiger partial charge in [-0.3, -0.25) is 9.59 Å². The van der Waals surface area contributed by atoms with Crippen LogP contribution in [0.2, 0.25) is 5.02 Å². The molecule has 3 heterocycles. The van der Waals surface area contributed by atoms with Crippen LogP contribution < -0.4 is 16.4 Å². The zero-order valence-corrected chi connectivity index (χ0v) is 20.7. The van der Waals surface area contributed by atoms with Gasteiger partial charge in [0.1, 0.15) is 15.8 Å². The predicted octanol–water partition coefficient (Wildman–Crippen LogP) is 5.73. The summed E-state index contributed by atoms with van der Waals surface area (Å²) in [6.45, 7) is 2.10. The van der Waals surface area contributed by atoms with Gasteiger partial charge < -0.3 is 16.4 Å². The molecule has 1 aliphatic carbocycles. The molecule has 0 spiro atoms. The van der Waals surface area contributed by atoms with Crippen molar-refractivity contribution in [2.75, 3.05) is 10.6 Å². The SMILES string of the molecule is CC1CCc2c(sc(NC(=O)c3nn4c(c3Cl)NC(c3ccccc3)CC4C(F)(F)F)c2C(N)=O)C1. The molecule has 0 saturated heterocycles. The summed E-state index contributed by atoms with van der Waals surface area (Å²) in [7, 11) is 0. The third kappa shape index (κ3) is 4.34. The van der Waals surface area contributed by atoms with E-state index in [-0.39, 0.29) is 33.5 Å². The number of benzene rings is 1. The lowest BCUT2D eigenvalue weighted by atomic mass is 9.88. The third-order valence-electron chi connectivity index (χ3n) is 6.70. The molecule has 12 heteroatoms. The van der Waals surface area contributed by atoms with Gasteiger partial charge in [0.05, 0.1) is 11.6 Å². The van der Waals surface area contributed by atoms with Crippen LogP contribution in [-0.2, 0) is 12.8 Å². The number of amides is 2. The van der Waals surface area contributed by atoms with Gasteiger partial charge in [0.2, 0.25) is 0 Å². The molecule has 5 rings (SSSR count). The molecule has 1 aliphatic heterocycles. The lowest BCUT2D eigenvalue weighted by Gasteiger charge is -2.33. The number of nitrogens with one attached hydrogen (secondary N) is 2. The number of carbonyl (C=O) groups is 2. The Bertz CT molecular complexity index is 1340. The first kappa shape index (κ1) is 24.6. The maximum Gasteiger partial charge on any atom is 0.410 e. The number of aromatic nitrogens is 2. The molecule has 3 aromatic rings. The number of hydrogen-bond acceptors (Lipinski definition) is 5. The van der Waals surface area contributed by atoms with Gasteiger partial charge >= 0.3 is 6.18 Å². The Hall–Kier alpha value is -3.05. The van der Waals surface area contributed by atoms with E-state index in [1.807, 2.05) is 0 Å². The number of rotatable bonds is 4. The standard InChI is InChI=1S/C24H23ClF3N5O2S/c1-11-7-8-13-15(9-11)36-23(17(13)20(29)34)31-22(35)19-18(25)21-30-14(12-5-3-2-4-6-12)10-16(24(26,27)28)33(21)32-19/h2-6,11,14,16,30H,7-10H2,1H3,(H2,29,34)(H,31,35). The van der Waals surface area contributed by atoms with Crippen molar-refractivity contribution >= 4 is 45.6 Å². The molecular weight excluding hydrogens is 515 g/mol. The highest BCUT2D eigenvalue weighted by Crippen LogP contribution is 2.46. The average Bonchev–Trinajstić information content (AvgIpc) is 3.35. The molecule has 4 N–H and O–H groups in total. The number of nitrogens with two attached hydrogens (primary N) is 1. The molecule has 1 aromatic carbocycles. The quantitative estimate of drug-likeness (QED) is 0.395. The summed E-state index contributed by atoms with van der Waals surface area (Å²) in [5, 5.41) is 9.66. The van der Waals surface area contributed by atoms with Crippen LogP contribution in [0.1, 0.15) is 68.7 Å². The van der Waals surface area contributed by atoms with Gasteiger partial charge in [-0.1, -0.05) is 48.9 Å². The lowest BCUT2D eigenvalue weighted by molar-refractivity contribution is -0.173. The Morgan fingerprint density at radius 1 is 1.28 bits per heavy atom. The van der Waals surface area contributed by atoms with Gasteiger partial charge in [-0.05, 0) is 36.3 Å². The Morgan fingerprint density at radius 3 is 2.67 bits per heavy atom. The summed E-state index contributed by atoms with van der Waals surface area (Å²) < 4.78 is 42.8. The van der Waals surface area contributed by atoms with E-state index in [4.69, 9.17) is 17.3 Å². The number of anilines is 2. The summed E-state index contributed by atoms with van der Waals surface area (Å²) in [4.78, 5) is 26.4. The van der Waals surface area contributed by atoms with Crippen LogP contribution in [0.3, 0.4) is 0 Å². The Labute approximate surface area is 213 Å². The van der Waals surface area contributed by atoms with Crippen molar-refractivity contribution < 1.29 is 22.8 Å². The Morgan fingerprint density at radius 2 is 2.00 bits per heavy atom. The normalized spacial score (nSPS) is 21.3. The maximum atomic E-state index is 14.0. The van der Waals surface area contributed by atoms with E-state index in [9.17, 15) is 22.8 Å². The molecular formula is C24H23ClF3N5O2S. The minimum Gasteiger partial charge on any atom is -0.365 e. The zero-order chi connectivity index (χ0) is 25.8. The third-order valence-corrected chi connectivity index (χ3v) is 8.23. The second-order valence-electron chi connectivity index (χ2n) is 9.23. The van der Waals surface area contributed by atoms with Crippen LogP contribution in [-0.4, -0.2) is 27.8 Å². The number of carbonyl (C=O) groups excluding carboxylic acids is 2. The van der Waals surface area contributed by atoms with Gasteiger partial charge in [0, 0.05) is 11.3 Å². The number of alkyl halides is 3. The van der Waals surface area contributed by atoms with Crippen molar-refractivity contribution in [3.8, 4) is 0 Å². The van der Waals surface area contributed by atoms with Crippen molar-refractivity contribution in [3.63, 3.8) is 0 Å². The van der Waals surface area contributed by atoms with Crippen molar-refractivity contribution in [2.24, 2.45) is 11.7 Å². The molecule has 0 bridgehead atoms. The first-order valence-corrected chi connectivity index (χ1v) is 12.7. The number of halogens is 4. The fraction of sp³-hybridized carbons (Fsp3) is 0.375. The summed E-state index contributed by atoms with van der Waals surface area (Å²) in [6.07, 6.45) is -2.62. The van der Waals surface area contributed by atoms with Crippen LogP contribution in [0.15, 0.2) is 30.3 Å². The van der Waals surface area contributed by atoms with Crippen molar-refractivity contribution in [1.29, 1.82) is 0 Å². The van der Waals surface area contributed by atoms with Crippen molar-refractivity contribution in [1.82, 2.24) is 9.78 Å². The van der Waals surface area contributed by atoms with E-state index in [1.165, 1.54) is 11.3 Å². The second kappa shape index (κ2) is 9.11. The molecule has 36 heavy (non-hydrogen) atoms. The lowest BCUT2D eigenvalue weighted by Crippen LogP contribution is -2.35. The molecule has 3 atom stereocenters. The zero-order valence-electron chi connectivity index (χ0n) is 19.2. The summed E-state index contributed by atoms with van der Waals surface area (Å²) in [5.41, 5.74) is 6.97. The summed E-state index contributed by atoms with van der Waals surface area (Å²) in [5.74, 6) is -1.14. The maximum absolute atomic E-state index is 14.0. The number of primary amides is 1. The van der Waals surface area contributed by atoms with E-state index in [1.54, 1.807) is 30.3 Å². The molecule has 0 fully saturated rings. The Kier molecular flexibility index (Phi) is 6.24. The van der Waals surface area contributed by atoms with Crippen LogP contribution in [0.4, 0.5) is 24.0 Å². The molecule has 7 nitrogen and oxygen atoms in total. The van der Waals surface area contributed by atoms with E-state index in [0.29, 0.717) is 17.9 Å². The van der Waals surface area contributed by atoms with Crippen LogP contribution >= 0.6 is 22.9 Å². The minimum atomic E-state index is -4.62. The first-order chi connectivity index (χ1) is 17.0. The summed E-state index contributed by atoms with van der Waals surface area (Å²) in [6, 6.07) is 6.05. The van der Waals surface area contributed by atoms with Crippen LogP contribution in [0.5, 0.6) is 0 Å². The number of fused-ring (bicyclic) bond motifs is 2. The van der Waals surface area contributed by atoms with Crippen molar-refractivity contribution in [2.45, 2.75) is 50.9 Å². The smallest absolute Gasteiger partial charge is 0.365 e. The van der Waals surface area contributed by atoms with E-state index >= 15 is 0 Å². The number of hydrogen-bond donors (Lipinski definition) is 3. The average molecular weight is 538 g/mol. The summed E-state index contributed by atoms with van der Waals surface area (Å²) >= 11 is 7.69. The topological polar surface area (TPSA) is 102 Å². The Balaban J connectivity index is 1.50. The van der Waals surface area contributed by atoms with Crippen LogP contribution in [0.25, 0.3) is 0 Å². The van der Waals surface area contributed by atoms with Gasteiger partial charge in [0.25, 0.3) is 11.8 Å². The van der Waals surface area contributed by atoms with Crippen molar-refractivity contribution in [3.05, 3.63) is 62.6 Å². The molecule has 3 unspecified atom stereocenters. The number of nitrogens with zero attached hydrogens (tertiary/aromatic N) is 2. The molecule has 0 radical (unpaired) electrons. The van der Waals surface area contributed by atoms with E-state index < -0.39 is 30.1 Å².